The van der Waals surface area contributed by atoms with Gasteiger partial charge in [0.05, 0.1) is 13.2 Å². The Bertz CT molecular complexity index is 157. The molecule has 1 N–H and O–H groups in total. The molecule has 0 saturated carbocycles. The molecule has 0 saturated heterocycles. The quantitative estimate of drug-likeness (QED) is 0.346. The zero-order chi connectivity index (χ0) is 12.3. The second-order valence-corrected chi connectivity index (χ2v) is 4.28. The molecule has 0 amide bonds. The second-order valence-electron chi connectivity index (χ2n) is 4.28. The van der Waals surface area contributed by atoms with Gasteiger partial charge in [-0.05, 0) is 19.8 Å². The Kier molecular flexibility index (Phi) is 12.1. The molecule has 0 bridgehead atoms. The van der Waals surface area contributed by atoms with Crippen LogP contribution in [0.3, 0.4) is 0 Å². The fourth-order valence-corrected chi connectivity index (χ4v) is 1.35. The molecular weight excluding hydrogens is 475 g/mol. The van der Waals surface area contributed by atoms with Crippen LogP contribution in [0.1, 0.15) is 26.7 Å². The van der Waals surface area contributed by atoms with Crippen molar-refractivity contribution in [2.45, 2.75) is 26.7 Å². The van der Waals surface area contributed by atoms with Crippen LogP contribution >= 0.6 is 0 Å². The SMILES string of the molecule is [CH2-]OCC(C)(COCC)COCCCCO.[Rf]. The Labute approximate surface area is 98.9 Å². The van der Waals surface area contributed by atoms with Crippen LogP contribution in [0.5, 0.6) is 0 Å². The number of aliphatic hydroxyl groups is 1. The van der Waals surface area contributed by atoms with Gasteiger partial charge in [-0.1, -0.05) is 6.92 Å². The molecule has 0 spiro atoms. The third kappa shape index (κ3) is 9.75. The minimum atomic E-state index is -0.142. The Hall–Kier alpha value is -1.16. The van der Waals surface area contributed by atoms with Gasteiger partial charge in [-0.2, -0.15) is 0 Å². The molecule has 0 aromatic rings. The minimum absolute atomic E-state index is 0. The standard InChI is InChI=1S/C12H25O4.Rf/c1-4-15-10-12(2,9-14-3)11-16-8-6-5-7-13;/h13H,3-11H2,1-2H3;/q-1;. The summed E-state index contributed by atoms with van der Waals surface area (Å²) in [5.41, 5.74) is -0.142. The molecule has 0 heterocycles. The topological polar surface area (TPSA) is 47.9 Å². The largest absolute Gasteiger partial charge is 0.554 e. The summed E-state index contributed by atoms with van der Waals surface area (Å²) in [5.74, 6) is 0. The number of unbranched alkanes of at least 4 members (excludes halogenated alkanes) is 1. The molecule has 5 heteroatoms. The molecule has 0 aliphatic heterocycles. The molecule has 0 radical (unpaired) electrons. The van der Waals surface area contributed by atoms with Crippen LogP contribution in [-0.2, 0) is 14.2 Å². The summed E-state index contributed by atoms with van der Waals surface area (Å²) < 4.78 is 15.9. The number of aliphatic hydroxyl groups excluding tert-OH is 1. The van der Waals surface area contributed by atoms with Crippen molar-refractivity contribution in [3.8, 4) is 0 Å². The normalized spacial score (nSPS) is 14.1. The van der Waals surface area contributed by atoms with Crippen molar-refractivity contribution in [3.05, 3.63) is 7.11 Å². The van der Waals surface area contributed by atoms with E-state index in [2.05, 4.69) is 14.0 Å². The van der Waals surface area contributed by atoms with Crippen molar-refractivity contribution < 1.29 is 19.3 Å². The average molecular weight is 500 g/mol. The van der Waals surface area contributed by atoms with Gasteiger partial charge in [0.2, 0.25) is 0 Å². The van der Waals surface area contributed by atoms with Crippen LogP contribution in [-0.4, -0.2) is 44.7 Å². The first-order chi connectivity index (χ1) is 7.68. The van der Waals surface area contributed by atoms with Crippen molar-refractivity contribution in [3.63, 3.8) is 0 Å². The van der Waals surface area contributed by atoms with E-state index in [1.807, 2.05) is 6.92 Å². The average Bonchev–Trinajstić information content (AvgIpc) is 2.27. The summed E-state index contributed by atoms with van der Waals surface area (Å²) in [6.45, 7) is 7.33. The summed E-state index contributed by atoms with van der Waals surface area (Å²) in [7, 11) is 3.39. The van der Waals surface area contributed by atoms with Crippen molar-refractivity contribution in [1.29, 1.82) is 0 Å². The molecule has 0 aromatic carbocycles. The Morgan fingerprint density at radius 3 is 2.29 bits per heavy atom. The number of rotatable bonds is 11. The van der Waals surface area contributed by atoms with E-state index in [0.717, 1.165) is 12.8 Å². The molecule has 0 rings (SSSR count). The van der Waals surface area contributed by atoms with E-state index in [1.54, 1.807) is 0 Å². The van der Waals surface area contributed by atoms with Crippen molar-refractivity contribution in [2.75, 3.05) is 39.6 Å². The van der Waals surface area contributed by atoms with Crippen LogP contribution in [0.4, 0.5) is 0 Å². The predicted octanol–water partition coefficient (Wildman–Crippen LogP) is 1.63. The van der Waals surface area contributed by atoms with E-state index >= 15 is 0 Å². The first-order valence-electron chi connectivity index (χ1n) is 5.82. The third-order valence-corrected chi connectivity index (χ3v) is 2.25. The summed E-state index contributed by atoms with van der Waals surface area (Å²) in [6, 6.07) is 0. The van der Waals surface area contributed by atoms with Crippen LogP contribution in [0, 0.1) is 12.5 Å². The number of hydrogen-bond acceptors (Lipinski definition) is 4. The van der Waals surface area contributed by atoms with Gasteiger partial charge in [-0.15, -0.1) is 0 Å². The maximum Gasteiger partial charge on any atom is 0.0562 e. The van der Waals surface area contributed by atoms with E-state index in [0.29, 0.717) is 33.0 Å². The molecule has 100 valence electrons. The van der Waals surface area contributed by atoms with Gasteiger partial charge in [0.15, 0.2) is 0 Å². The maximum atomic E-state index is 8.62. The van der Waals surface area contributed by atoms with Crippen LogP contribution in [0.25, 0.3) is 0 Å². The van der Waals surface area contributed by atoms with Crippen LogP contribution in [0.2, 0.25) is 0 Å². The van der Waals surface area contributed by atoms with Gasteiger partial charge >= 0.3 is 0 Å². The first-order valence-corrected chi connectivity index (χ1v) is 5.82. The summed E-state index contributed by atoms with van der Waals surface area (Å²) in [5, 5.41) is 8.62. The summed E-state index contributed by atoms with van der Waals surface area (Å²) >= 11 is 0. The van der Waals surface area contributed by atoms with Crippen LogP contribution < -0.4 is 0 Å². The van der Waals surface area contributed by atoms with E-state index in [9.17, 15) is 0 Å². The van der Waals surface area contributed by atoms with Gasteiger partial charge in [0.1, 0.15) is 0 Å². The van der Waals surface area contributed by atoms with Gasteiger partial charge in [0.25, 0.3) is 0 Å². The number of hydrogen-bond donors (Lipinski definition) is 1. The zero-order valence-electron chi connectivity index (χ0n) is 11.2. The second kappa shape index (κ2) is 11.3. The predicted molar refractivity (Wildman–Crippen MR) is 63.0 cm³/mol. The van der Waals surface area contributed by atoms with Gasteiger partial charge in [0, 0.05) is 31.8 Å². The zero-order valence-corrected chi connectivity index (χ0v) is 17.6. The van der Waals surface area contributed by atoms with Crippen LogP contribution in [0.15, 0.2) is 0 Å². The van der Waals surface area contributed by atoms with E-state index < -0.39 is 0 Å². The fourth-order valence-electron chi connectivity index (χ4n) is 1.35. The third-order valence-electron chi connectivity index (χ3n) is 2.25. The Morgan fingerprint density at radius 2 is 1.76 bits per heavy atom. The molecule has 1 atom stereocenters. The monoisotopic (exact) mass is 500 g/mol. The molecule has 0 fully saturated rings. The maximum absolute atomic E-state index is 8.62. The van der Waals surface area contributed by atoms with Gasteiger partial charge in [-0.25, -0.2) is 7.11 Å². The molecule has 1 unspecified atom stereocenters. The van der Waals surface area contributed by atoms with E-state index in [4.69, 9.17) is 19.3 Å². The van der Waals surface area contributed by atoms with Gasteiger partial charge < -0.3 is 19.3 Å². The molecule has 0 aromatic heterocycles. The molecule has 0 aliphatic carbocycles. The molecule has 0 aliphatic rings. The van der Waals surface area contributed by atoms with Crippen molar-refractivity contribution in [1.82, 2.24) is 0 Å². The number of ether oxygens (including phenoxy) is 3. The summed E-state index contributed by atoms with van der Waals surface area (Å²) in [6.07, 6.45) is 1.67. The summed E-state index contributed by atoms with van der Waals surface area (Å²) in [4.78, 5) is 0. The van der Waals surface area contributed by atoms with Crippen molar-refractivity contribution in [2.24, 2.45) is 5.41 Å². The van der Waals surface area contributed by atoms with E-state index in [-0.39, 0.29) is 12.0 Å². The van der Waals surface area contributed by atoms with Gasteiger partial charge in [-0.3, -0.25) is 0 Å². The van der Waals surface area contributed by atoms with Crippen molar-refractivity contribution >= 4 is 0 Å². The minimum Gasteiger partial charge on any atom is -0.554 e. The first kappa shape index (κ1) is 18.2. The molecule has 4 nitrogen and oxygen atoms in total. The molecule has 17 heavy (non-hydrogen) atoms. The van der Waals surface area contributed by atoms with E-state index in [1.165, 1.54) is 0 Å². The Balaban J connectivity index is 0. The Morgan fingerprint density at radius 1 is 1.12 bits per heavy atom. The smallest absolute Gasteiger partial charge is 0.0562 e. The molecular formula is C12H25O4Rf-. The fraction of sp³-hybridized carbons (Fsp3) is 0.917.